The lowest BCUT2D eigenvalue weighted by Gasteiger charge is -2.12. The number of nitrogens with one attached hydrogen (secondary N) is 1. The Bertz CT molecular complexity index is 1020. The van der Waals surface area contributed by atoms with Crippen molar-refractivity contribution in [2.24, 2.45) is 0 Å². The second-order valence-electron chi connectivity index (χ2n) is 5.71. The molecule has 0 fully saturated rings. The van der Waals surface area contributed by atoms with Crippen LogP contribution in [-0.2, 0) is 0 Å². The van der Waals surface area contributed by atoms with Gasteiger partial charge in [-0.15, -0.1) is 21.5 Å². The molecule has 0 unspecified atom stereocenters. The number of carbonyl (C=O) groups excluding carboxylic acids is 1. The van der Waals surface area contributed by atoms with Crippen LogP contribution in [0.1, 0.15) is 28.5 Å². The van der Waals surface area contributed by atoms with Crippen molar-refractivity contribution >= 4 is 22.9 Å². The van der Waals surface area contributed by atoms with E-state index in [9.17, 15) is 4.79 Å². The first-order valence-electron chi connectivity index (χ1n) is 7.97. The van der Waals surface area contributed by atoms with Crippen LogP contribution in [0.15, 0.2) is 66.2 Å². The molecule has 0 saturated heterocycles. The quantitative estimate of drug-likeness (QED) is 0.607. The Labute approximate surface area is 149 Å². The number of amides is 1. The van der Waals surface area contributed by atoms with Gasteiger partial charge >= 0.3 is 0 Å². The van der Waals surface area contributed by atoms with Crippen molar-refractivity contribution in [3.8, 4) is 11.1 Å². The minimum absolute atomic E-state index is 0.103. The number of hydrogen-bond acceptors (Lipinski definition) is 4. The molecule has 25 heavy (non-hydrogen) atoms. The van der Waals surface area contributed by atoms with Crippen molar-refractivity contribution in [3.63, 3.8) is 0 Å². The highest BCUT2D eigenvalue weighted by Crippen LogP contribution is 2.28. The van der Waals surface area contributed by atoms with Crippen molar-refractivity contribution in [1.29, 1.82) is 0 Å². The summed E-state index contributed by atoms with van der Waals surface area (Å²) in [6.07, 6.45) is 1.90. The monoisotopic (exact) mass is 348 g/mol. The lowest BCUT2D eigenvalue weighted by molar-refractivity contribution is 0.0943. The lowest BCUT2D eigenvalue weighted by atomic mass is 10.1. The number of thiophene rings is 1. The van der Waals surface area contributed by atoms with E-state index in [1.165, 1.54) is 11.3 Å². The van der Waals surface area contributed by atoms with Gasteiger partial charge in [0.25, 0.3) is 5.91 Å². The molecule has 3 aromatic heterocycles. The molecule has 0 saturated carbocycles. The molecule has 0 aliphatic rings. The van der Waals surface area contributed by atoms with E-state index in [1.54, 1.807) is 0 Å². The van der Waals surface area contributed by atoms with Crippen LogP contribution < -0.4 is 5.32 Å². The molecule has 0 bridgehead atoms. The van der Waals surface area contributed by atoms with E-state index in [4.69, 9.17) is 0 Å². The molecule has 1 aromatic carbocycles. The Morgan fingerprint density at radius 1 is 1.08 bits per heavy atom. The number of pyridine rings is 1. The maximum Gasteiger partial charge on any atom is 0.262 e. The largest absolute Gasteiger partial charge is 0.342 e. The average Bonchev–Trinajstić information content (AvgIpc) is 3.29. The van der Waals surface area contributed by atoms with Crippen LogP contribution in [-0.4, -0.2) is 20.5 Å². The van der Waals surface area contributed by atoms with Crippen LogP contribution in [0.3, 0.4) is 0 Å². The normalized spacial score (nSPS) is 12.2. The first kappa shape index (κ1) is 15.5. The third kappa shape index (κ3) is 2.92. The average molecular weight is 348 g/mol. The number of rotatable bonds is 4. The molecule has 6 heteroatoms. The molecule has 0 spiro atoms. The van der Waals surface area contributed by atoms with Gasteiger partial charge < -0.3 is 5.32 Å². The summed E-state index contributed by atoms with van der Waals surface area (Å²) < 4.78 is 1.89. The Morgan fingerprint density at radius 2 is 1.88 bits per heavy atom. The van der Waals surface area contributed by atoms with Crippen LogP contribution in [0.25, 0.3) is 16.8 Å². The van der Waals surface area contributed by atoms with Crippen LogP contribution in [0.4, 0.5) is 0 Å². The number of aromatic nitrogens is 3. The molecule has 0 radical (unpaired) electrons. The number of hydrogen-bond donors (Lipinski definition) is 1. The van der Waals surface area contributed by atoms with Crippen molar-refractivity contribution < 1.29 is 4.79 Å². The number of carbonyl (C=O) groups is 1. The fraction of sp³-hybridized carbons (Fsp3) is 0.105. The third-order valence-corrected chi connectivity index (χ3v) is 4.94. The summed E-state index contributed by atoms with van der Waals surface area (Å²) >= 11 is 1.44. The van der Waals surface area contributed by atoms with Gasteiger partial charge in [-0.1, -0.05) is 36.4 Å². The van der Waals surface area contributed by atoms with Crippen LogP contribution in [0.5, 0.6) is 0 Å². The predicted molar refractivity (Wildman–Crippen MR) is 98.6 cm³/mol. The molecule has 4 rings (SSSR count). The van der Waals surface area contributed by atoms with Crippen molar-refractivity contribution in [1.82, 2.24) is 19.9 Å². The van der Waals surface area contributed by atoms with Gasteiger partial charge in [-0.25, -0.2) is 0 Å². The summed E-state index contributed by atoms with van der Waals surface area (Å²) in [4.78, 5) is 13.5. The molecule has 0 aliphatic heterocycles. The van der Waals surface area contributed by atoms with E-state index in [-0.39, 0.29) is 11.9 Å². The molecule has 124 valence electrons. The molecular weight excluding hydrogens is 332 g/mol. The first-order valence-corrected chi connectivity index (χ1v) is 8.85. The molecule has 0 aliphatic carbocycles. The van der Waals surface area contributed by atoms with Gasteiger partial charge in [-0.2, -0.15) is 0 Å². The maximum atomic E-state index is 12.8. The fourth-order valence-electron chi connectivity index (χ4n) is 2.81. The van der Waals surface area contributed by atoms with Gasteiger partial charge in [0.05, 0.1) is 10.9 Å². The van der Waals surface area contributed by atoms with Gasteiger partial charge in [0.1, 0.15) is 0 Å². The Balaban J connectivity index is 1.60. The van der Waals surface area contributed by atoms with Gasteiger partial charge in [0.15, 0.2) is 11.5 Å². The summed E-state index contributed by atoms with van der Waals surface area (Å²) in [5.74, 6) is 0.607. The minimum atomic E-state index is -0.254. The zero-order valence-electron chi connectivity index (χ0n) is 13.6. The summed E-state index contributed by atoms with van der Waals surface area (Å²) in [6.45, 7) is 1.91. The second-order valence-corrected chi connectivity index (χ2v) is 6.63. The van der Waals surface area contributed by atoms with Crippen molar-refractivity contribution in [2.45, 2.75) is 13.0 Å². The first-order chi connectivity index (χ1) is 12.2. The number of fused-ring (bicyclic) bond motifs is 1. The van der Waals surface area contributed by atoms with Crippen LogP contribution >= 0.6 is 11.3 Å². The van der Waals surface area contributed by atoms with E-state index in [0.29, 0.717) is 10.7 Å². The van der Waals surface area contributed by atoms with E-state index in [1.807, 2.05) is 77.5 Å². The molecule has 1 N–H and O–H groups in total. The molecule has 5 nitrogen and oxygen atoms in total. The zero-order chi connectivity index (χ0) is 17.2. The smallest absolute Gasteiger partial charge is 0.262 e. The molecule has 4 aromatic rings. The highest BCUT2D eigenvalue weighted by atomic mass is 32.1. The second kappa shape index (κ2) is 6.49. The van der Waals surface area contributed by atoms with Crippen molar-refractivity contribution in [3.05, 3.63) is 76.9 Å². The van der Waals surface area contributed by atoms with E-state index >= 15 is 0 Å². The van der Waals surface area contributed by atoms with Gasteiger partial charge in [-0.05, 0) is 36.1 Å². The summed E-state index contributed by atoms with van der Waals surface area (Å²) in [6, 6.07) is 17.4. The van der Waals surface area contributed by atoms with Gasteiger partial charge in [0.2, 0.25) is 0 Å². The lowest BCUT2D eigenvalue weighted by Crippen LogP contribution is -2.27. The maximum absolute atomic E-state index is 12.8. The Hall–Kier alpha value is -2.99. The predicted octanol–water partition coefficient (Wildman–Crippen LogP) is 3.95. The number of benzene rings is 1. The zero-order valence-corrected chi connectivity index (χ0v) is 14.4. The molecular formula is C19H16N4OS. The van der Waals surface area contributed by atoms with Crippen LogP contribution in [0.2, 0.25) is 0 Å². The van der Waals surface area contributed by atoms with Gasteiger partial charge in [-0.3, -0.25) is 9.20 Å². The summed E-state index contributed by atoms with van der Waals surface area (Å²) in [5.41, 5.74) is 2.75. The standard InChI is InChI=1S/C19H16N4OS/c1-13(18-22-21-16-9-5-6-11-23(16)18)20-19(24)17-15(10-12-25-17)14-7-3-2-4-8-14/h2-13H,1H3,(H,20,24)/t13-/m0/s1. The number of nitrogens with zero attached hydrogens (tertiary/aromatic N) is 3. The van der Waals surface area contributed by atoms with E-state index in [2.05, 4.69) is 15.5 Å². The Kier molecular flexibility index (Phi) is 4.03. The SMILES string of the molecule is C[C@H](NC(=O)c1sccc1-c1ccccc1)c1nnc2ccccn12. The molecule has 1 amide bonds. The highest BCUT2D eigenvalue weighted by molar-refractivity contribution is 7.12. The van der Waals surface area contributed by atoms with Gasteiger partial charge in [0, 0.05) is 11.8 Å². The molecule has 3 heterocycles. The topological polar surface area (TPSA) is 59.3 Å². The van der Waals surface area contributed by atoms with Crippen LogP contribution in [0, 0.1) is 0 Å². The van der Waals surface area contributed by atoms with E-state index in [0.717, 1.165) is 16.8 Å². The summed E-state index contributed by atoms with van der Waals surface area (Å²) in [7, 11) is 0. The fourth-order valence-corrected chi connectivity index (χ4v) is 3.63. The third-order valence-electron chi connectivity index (χ3n) is 4.03. The summed E-state index contributed by atoms with van der Waals surface area (Å²) in [5, 5.41) is 13.3. The molecule has 1 atom stereocenters. The van der Waals surface area contributed by atoms with Crippen molar-refractivity contribution in [2.75, 3.05) is 0 Å². The van der Waals surface area contributed by atoms with E-state index < -0.39 is 0 Å². The Morgan fingerprint density at radius 3 is 2.72 bits per heavy atom. The minimum Gasteiger partial charge on any atom is -0.342 e. The highest BCUT2D eigenvalue weighted by Gasteiger charge is 2.20.